The standard InChI is InChI=1S/C14H20N2O3/c17-14(13-2-6-15-7-3-13)16-5-1-8-18-10-12-4-9-19-11-12/h2-3,6-7,12H,1,4-5,8-11H2,(H,16,17)/t12-/m0/s1. The van der Waals surface area contributed by atoms with E-state index in [4.69, 9.17) is 9.47 Å². The number of rotatable bonds is 7. The monoisotopic (exact) mass is 264 g/mol. The number of hydrogen-bond acceptors (Lipinski definition) is 4. The van der Waals surface area contributed by atoms with Crippen molar-refractivity contribution in [3.05, 3.63) is 30.1 Å². The third-order valence-corrected chi connectivity index (χ3v) is 3.07. The Morgan fingerprint density at radius 3 is 3.05 bits per heavy atom. The third-order valence-electron chi connectivity index (χ3n) is 3.07. The summed E-state index contributed by atoms with van der Waals surface area (Å²) in [4.78, 5) is 15.6. The van der Waals surface area contributed by atoms with Crippen LogP contribution in [0.5, 0.6) is 0 Å². The zero-order chi connectivity index (χ0) is 13.3. The molecule has 0 radical (unpaired) electrons. The number of carbonyl (C=O) groups excluding carboxylic acids is 1. The van der Waals surface area contributed by atoms with Crippen molar-refractivity contribution in [3.63, 3.8) is 0 Å². The van der Waals surface area contributed by atoms with Gasteiger partial charge in [-0.05, 0) is 25.0 Å². The Morgan fingerprint density at radius 1 is 1.47 bits per heavy atom. The molecule has 1 aromatic heterocycles. The Balaban J connectivity index is 1.51. The number of aromatic nitrogens is 1. The molecule has 1 atom stereocenters. The van der Waals surface area contributed by atoms with Crippen molar-refractivity contribution in [3.8, 4) is 0 Å². The molecule has 5 heteroatoms. The van der Waals surface area contributed by atoms with Crippen LogP contribution < -0.4 is 5.32 Å². The molecule has 1 amide bonds. The van der Waals surface area contributed by atoms with E-state index in [0.717, 1.165) is 32.7 Å². The lowest BCUT2D eigenvalue weighted by Crippen LogP contribution is -2.25. The smallest absolute Gasteiger partial charge is 0.251 e. The van der Waals surface area contributed by atoms with Gasteiger partial charge in [0.2, 0.25) is 0 Å². The van der Waals surface area contributed by atoms with Crippen LogP contribution in [0.4, 0.5) is 0 Å². The van der Waals surface area contributed by atoms with Gasteiger partial charge in [0.05, 0.1) is 13.2 Å². The van der Waals surface area contributed by atoms with E-state index in [1.165, 1.54) is 0 Å². The number of nitrogens with zero attached hydrogens (tertiary/aromatic N) is 1. The Morgan fingerprint density at radius 2 is 2.32 bits per heavy atom. The number of nitrogens with one attached hydrogen (secondary N) is 1. The van der Waals surface area contributed by atoms with Crippen molar-refractivity contribution < 1.29 is 14.3 Å². The van der Waals surface area contributed by atoms with Crippen LogP contribution in [0.15, 0.2) is 24.5 Å². The first-order valence-electron chi connectivity index (χ1n) is 6.70. The number of pyridine rings is 1. The second kappa shape index (κ2) is 7.86. The summed E-state index contributed by atoms with van der Waals surface area (Å²) in [6.45, 7) is 3.74. The Bertz CT molecular complexity index is 378. The molecule has 0 unspecified atom stereocenters. The molecule has 1 aromatic rings. The summed E-state index contributed by atoms with van der Waals surface area (Å²) < 4.78 is 10.8. The lowest BCUT2D eigenvalue weighted by molar-refractivity contribution is 0.0853. The van der Waals surface area contributed by atoms with E-state index >= 15 is 0 Å². The normalized spacial score (nSPS) is 18.4. The molecule has 19 heavy (non-hydrogen) atoms. The van der Waals surface area contributed by atoms with Crippen LogP contribution in [-0.2, 0) is 9.47 Å². The van der Waals surface area contributed by atoms with Crippen LogP contribution in [0, 0.1) is 5.92 Å². The van der Waals surface area contributed by atoms with Gasteiger partial charge in [0.15, 0.2) is 0 Å². The van der Waals surface area contributed by atoms with Gasteiger partial charge in [-0.1, -0.05) is 0 Å². The van der Waals surface area contributed by atoms with Gasteiger partial charge in [0, 0.05) is 43.6 Å². The zero-order valence-corrected chi connectivity index (χ0v) is 11.0. The van der Waals surface area contributed by atoms with Crippen LogP contribution >= 0.6 is 0 Å². The van der Waals surface area contributed by atoms with Gasteiger partial charge in [-0.25, -0.2) is 0 Å². The average Bonchev–Trinajstić information content (AvgIpc) is 2.96. The lowest BCUT2D eigenvalue weighted by atomic mass is 10.1. The fourth-order valence-corrected chi connectivity index (χ4v) is 1.95. The van der Waals surface area contributed by atoms with Gasteiger partial charge < -0.3 is 14.8 Å². The predicted octanol–water partition coefficient (Wildman–Crippen LogP) is 1.25. The highest BCUT2D eigenvalue weighted by Crippen LogP contribution is 2.12. The van der Waals surface area contributed by atoms with Gasteiger partial charge >= 0.3 is 0 Å². The molecule has 2 heterocycles. The topological polar surface area (TPSA) is 60.5 Å². The van der Waals surface area contributed by atoms with E-state index < -0.39 is 0 Å². The molecule has 0 bridgehead atoms. The minimum atomic E-state index is -0.0633. The van der Waals surface area contributed by atoms with Crippen molar-refractivity contribution in [2.45, 2.75) is 12.8 Å². The van der Waals surface area contributed by atoms with Crippen molar-refractivity contribution in [1.82, 2.24) is 10.3 Å². The molecular formula is C14H20N2O3. The number of amides is 1. The van der Waals surface area contributed by atoms with Gasteiger partial charge in [-0.3, -0.25) is 9.78 Å². The first-order valence-corrected chi connectivity index (χ1v) is 6.70. The predicted molar refractivity (Wildman–Crippen MR) is 70.9 cm³/mol. The first-order chi connectivity index (χ1) is 9.36. The van der Waals surface area contributed by atoms with E-state index in [-0.39, 0.29) is 5.91 Å². The third kappa shape index (κ3) is 4.96. The average molecular weight is 264 g/mol. The molecule has 1 fully saturated rings. The summed E-state index contributed by atoms with van der Waals surface area (Å²) >= 11 is 0. The minimum absolute atomic E-state index is 0.0633. The van der Waals surface area contributed by atoms with Crippen LogP contribution in [-0.4, -0.2) is 43.9 Å². The minimum Gasteiger partial charge on any atom is -0.381 e. The van der Waals surface area contributed by atoms with Gasteiger partial charge in [-0.15, -0.1) is 0 Å². The van der Waals surface area contributed by atoms with Crippen molar-refractivity contribution >= 4 is 5.91 Å². The van der Waals surface area contributed by atoms with E-state index in [1.807, 2.05) is 0 Å². The van der Waals surface area contributed by atoms with Crippen LogP contribution in [0.3, 0.4) is 0 Å². The van der Waals surface area contributed by atoms with Crippen molar-refractivity contribution in [2.75, 3.05) is 33.0 Å². The SMILES string of the molecule is O=C(NCCCOC[C@@H]1CCOC1)c1ccncc1. The van der Waals surface area contributed by atoms with Crippen LogP contribution in [0.2, 0.25) is 0 Å². The Labute approximate surface area is 113 Å². The van der Waals surface area contributed by atoms with Crippen molar-refractivity contribution in [2.24, 2.45) is 5.92 Å². The van der Waals surface area contributed by atoms with Gasteiger partial charge in [-0.2, -0.15) is 0 Å². The zero-order valence-electron chi connectivity index (χ0n) is 11.0. The first kappa shape index (κ1) is 14.0. The summed E-state index contributed by atoms with van der Waals surface area (Å²) in [7, 11) is 0. The summed E-state index contributed by atoms with van der Waals surface area (Å²) in [6.07, 6.45) is 5.15. The summed E-state index contributed by atoms with van der Waals surface area (Å²) in [6, 6.07) is 3.40. The highest BCUT2D eigenvalue weighted by atomic mass is 16.5. The molecular weight excluding hydrogens is 244 g/mol. The second-order valence-corrected chi connectivity index (χ2v) is 4.65. The Hall–Kier alpha value is -1.46. The maximum absolute atomic E-state index is 11.7. The largest absolute Gasteiger partial charge is 0.381 e. The van der Waals surface area contributed by atoms with Crippen LogP contribution in [0.25, 0.3) is 0 Å². The summed E-state index contributed by atoms with van der Waals surface area (Å²) in [5.74, 6) is 0.484. The molecule has 2 rings (SSSR count). The maximum atomic E-state index is 11.7. The number of hydrogen-bond donors (Lipinski definition) is 1. The molecule has 0 aliphatic carbocycles. The maximum Gasteiger partial charge on any atom is 0.251 e. The highest BCUT2D eigenvalue weighted by molar-refractivity contribution is 5.93. The fourth-order valence-electron chi connectivity index (χ4n) is 1.95. The summed E-state index contributed by atoms with van der Waals surface area (Å²) in [5.41, 5.74) is 0.638. The molecule has 1 aliphatic rings. The van der Waals surface area contributed by atoms with E-state index in [1.54, 1.807) is 24.5 Å². The lowest BCUT2D eigenvalue weighted by Gasteiger charge is -2.09. The quantitative estimate of drug-likeness (QED) is 0.753. The molecule has 0 saturated carbocycles. The molecule has 104 valence electrons. The van der Waals surface area contributed by atoms with Crippen molar-refractivity contribution in [1.29, 1.82) is 0 Å². The molecule has 0 spiro atoms. The van der Waals surface area contributed by atoms with Gasteiger partial charge in [0.25, 0.3) is 5.91 Å². The highest BCUT2D eigenvalue weighted by Gasteiger charge is 2.15. The van der Waals surface area contributed by atoms with Gasteiger partial charge in [0.1, 0.15) is 0 Å². The van der Waals surface area contributed by atoms with E-state index in [0.29, 0.717) is 24.6 Å². The van der Waals surface area contributed by atoms with E-state index in [2.05, 4.69) is 10.3 Å². The summed E-state index contributed by atoms with van der Waals surface area (Å²) in [5, 5.41) is 2.86. The molecule has 0 aromatic carbocycles. The molecule has 1 saturated heterocycles. The fraction of sp³-hybridized carbons (Fsp3) is 0.571. The Kier molecular flexibility index (Phi) is 5.78. The molecule has 1 N–H and O–H groups in total. The molecule has 5 nitrogen and oxygen atoms in total. The number of ether oxygens (including phenoxy) is 2. The molecule has 1 aliphatic heterocycles. The second-order valence-electron chi connectivity index (χ2n) is 4.65. The van der Waals surface area contributed by atoms with Crippen LogP contribution in [0.1, 0.15) is 23.2 Å². The number of carbonyl (C=O) groups is 1. The van der Waals surface area contributed by atoms with E-state index in [9.17, 15) is 4.79 Å².